The van der Waals surface area contributed by atoms with Gasteiger partial charge in [-0.05, 0) is 31.2 Å². The van der Waals surface area contributed by atoms with Crippen molar-refractivity contribution < 1.29 is 0 Å². The number of aromatic nitrogens is 3. The second kappa shape index (κ2) is 4.15. The number of hydrogen-bond acceptors (Lipinski definition) is 2. The van der Waals surface area contributed by atoms with Gasteiger partial charge in [0.15, 0.2) is 0 Å². The zero-order valence-electron chi connectivity index (χ0n) is 9.51. The van der Waals surface area contributed by atoms with E-state index in [4.69, 9.17) is 11.6 Å². The van der Waals surface area contributed by atoms with E-state index in [9.17, 15) is 0 Å². The summed E-state index contributed by atoms with van der Waals surface area (Å²) in [6, 6.07) is 2.51. The fourth-order valence-electron chi connectivity index (χ4n) is 2.69. The van der Waals surface area contributed by atoms with Gasteiger partial charge < -0.3 is 4.57 Å². The largest absolute Gasteiger partial charge is 0.329 e. The average molecular weight is 248 g/mol. The first-order valence-electron chi connectivity index (χ1n) is 5.89. The second-order valence-electron chi connectivity index (χ2n) is 4.59. The van der Waals surface area contributed by atoms with Crippen LogP contribution in [0.15, 0.2) is 31.2 Å². The quantitative estimate of drug-likeness (QED) is 0.600. The molecule has 0 spiro atoms. The third-order valence-corrected chi connectivity index (χ3v) is 3.93. The Morgan fingerprint density at radius 2 is 2.29 bits per heavy atom. The fourth-order valence-corrected chi connectivity index (χ4v) is 2.88. The molecule has 1 saturated carbocycles. The molecule has 0 N–H and O–H groups in total. The summed E-state index contributed by atoms with van der Waals surface area (Å²) in [5.41, 5.74) is 0.944. The van der Waals surface area contributed by atoms with Gasteiger partial charge >= 0.3 is 0 Å². The van der Waals surface area contributed by atoms with Crippen molar-refractivity contribution in [3.8, 4) is 0 Å². The zero-order chi connectivity index (χ0) is 11.8. The number of rotatable bonds is 2. The van der Waals surface area contributed by atoms with Gasteiger partial charge in [-0.25, -0.2) is 9.97 Å². The summed E-state index contributed by atoms with van der Waals surface area (Å²) < 4.78 is 2.23. The Morgan fingerprint density at radius 1 is 1.41 bits per heavy atom. The van der Waals surface area contributed by atoms with E-state index < -0.39 is 0 Å². The number of allylic oxidation sites excluding steroid dienone is 1. The van der Waals surface area contributed by atoms with Crippen molar-refractivity contribution in [2.75, 3.05) is 0 Å². The minimum atomic E-state index is 0.515. The first kappa shape index (κ1) is 10.8. The monoisotopic (exact) mass is 247 g/mol. The van der Waals surface area contributed by atoms with Gasteiger partial charge in [0.25, 0.3) is 0 Å². The van der Waals surface area contributed by atoms with Crippen LogP contribution in [-0.4, -0.2) is 14.5 Å². The summed E-state index contributed by atoms with van der Waals surface area (Å²) in [6.07, 6.45) is 9.21. The van der Waals surface area contributed by atoms with Gasteiger partial charge in [-0.3, -0.25) is 0 Å². The minimum Gasteiger partial charge on any atom is -0.329 e. The maximum absolute atomic E-state index is 6.05. The lowest BCUT2D eigenvalue weighted by atomic mass is 10.1. The molecule has 0 bridgehead atoms. The van der Waals surface area contributed by atoms with Gasteiger partial charge in [-0.1, -0.05) is 17.7 Å². The van der Waals surface area contributed by atoms with Gasteiger partial charge in [-0.2, -0.15) is 0 Å². The second-order valence-corrected chi connectivity index (χ2v) is 4.95. The predicted molar refractivity (Wildman–Crippen MR) is 69.1 cm³/mol. The van der Waals surface area contributed by atoms with Crippen LogP contribution in [0.1, 0.15) is 25.3 Å². The molecule has 0 saturated heterocycles. The van der Waals surface area contributed by atoms with Crippen LogP contribution >= 0.6 is 11.6 Å². The van der Waals surface area contributed by atoms with Crippen LogP contribution in [0.25, 0.3) is 11.0 Å². The van der Waals surface area contributed by atoms with Crippen LogP contribution in [0.3, 0.4) is 0 Å². The summed E-state index contributed by atoms with van der Waals surface area (Å²) in [7, 11) is 0. The molecule has 0 aromatic carbocycles. The SMILES string of the molecule is C=C[C@@H]1CC[C@H](n2ccc3c(Cl)ncnc32)C1. The molecule has 0 amide bonds. The van der Waals surface area contributed by atoms with Crippen LogP contribution in [-0.2, 0) is 0 Å². The van der Waals surface area contributed by atoms with Gasteiger partial charge in [0, 0.05) is 12.2 Å². The summed E-state index contributed by atoms with van der Waals surface area (Å²) >= 11 is 6.05. The van der Waals surface area contributed by atoms with Crippen molar-refractivity contribution in [3.63, 3.8) is 0 Å². The lowest BCUT2D eigenvalue weighted by molar-refractivity contribution is 0.518. The van der Waals surface area contributed by atoms with Crippen molar-refractivity contribution in [2.45, 2.75) is 25.3 Å². The molecule has 3 rings (SSSR count). The smallest absolute Gasteiger partial charge is 0.145 e. The van der Waals surface area contributed by atoms with Crippen LogP contribution in [0.5, 0.6) is 0 Å². The first-order chi connectivity index (χ1) is 8.29. The normalized spacial score (nSPS) is 24.3. The van der Waals surface area contributed by atoms with E-state index in [1.807, 2.05) is 6.07 Å². The van der Waals surface area contributed by atoms with Crippen molar-refractivity contribution >= 4 is 22.6 Å². The molecule has 2 heterocycles. The highest BCUT2D eigenvalue weighted by Crippen LogP contribution is 2.37. The van der Waals surface area contributed by atoms with E-state index in [1.165, 1.54) is 19.2 Å². The standard InChI is InChI=1S/C13H14ClN3/c1-2-9-3-4-10(7-9)17-6-5-11-12(14)15-8-16-13(11)17/h2,5-6,8-10H,1,3-4,7H2/t9-,10+/m1/s1. The van der Waals surface area contributed by atoms with Gasteiger partial charge in [0.05, 0.1) is 5.39 Å². The highest BCUT2D eigenvalue weighted by molar-refractivity contribution is 6.33. The highest BCUT2D eigenvalue weighted by Gasteiger charge is 2.25. The maximum atomic E-state index is 6.05. The molecule has 1 aliphatic rings. The molecule has 2 aromatic rings. The van der Waals surface area contributed by atoms with Crippen LogP contribution in [0.2, 0.25) is 5.15 Å². The average Bonchev–Trinajstić information content (AvgIpc) is 2.94. The van der Waals surface area contributed by atoms with E-state index in [0.29, 0.717) is 17.1 Å². The van der Waals surface area contributed by atoms with E-state index in [1.54, 1.807) is 0 Å². The zero-order valence-corrected chi connectivity index (χ0v) is 10.3. The summed E-state index contributed by atoms with van der Waals surface area (Å²) in [4.78, 5) is 8.34. The van der Waals surface area contributed by atoms with Crippen LogP contribution < -0.4 is 0 Å². The summed E-state index contributed by atoms with van der Waals surface area (Å²) in [5, 5.41) is 1.48. The number of halogens is 1. The molecule has 17 heavy (non-hydrogen) atoms. The van der Waals surface area contributed by atoms with Gasteiger partial charge in [0.1, 0.15) is 17.1 Å². The predicted octanol–water partition coefficient (Wildman–Crippen LogP) is 3.61. The third kappa shape index (κ3) is 1.75. The first-order valence-corrected chi connectivity index (χ1v) is 6.27. The van der Waals surface area contributed by atoms with Crippen molar-refractivity contribution in [3.05, 3.63) is 36.4 Å². The molecule has 4 heteroatoms. The molecule has 1 aliphatic carbocycles. The Bertz CT molecular complexity index is 561. The molecule has 2 aromatic heterocycles. The molecule has 0 radical (unpaired) electrons. The molecule has 0 aliphatic heterocycles. The number of hydrogen-bond donors (Lipinski definition) is 0. The molecular formula is C13H14ClN3. The lowest BCUT2D eigenvalue weighted by Crippen LogP contribution is -2.04. The highest BCUT2D eigenvalue weighted by atomic mass is 35.5. The van der Waals surface area contributed by atoms with Gasteiger partial charge in [-0.15, -0.1) is 6.58 Å². The summed E-state index contributed by atoms with van der Waals surface area (Å²) in [5.74, 6) is 0.634. The van der Waals surface area contributed by atoms with E-state index >= 15 is 0 Å². The van der Waals surface area contributed by atoms with Crippen molar-refractivity contribution in [1.29, 1.82) is 0 Å². The van der Waals surface area contributed by atoms with E-state index in [2.05, 4.69) is 33.4 Å². The molecule has 3 nitrogen and oxygen atoms in total. The molecule has 1 fully saturated rings. The van der Waals surface area contributed by atoms with Crippen molar-refractivity contribution in [1.82, 2.24) is 14.5 Å². The lowest BCUT2D eigenvalue weighted by Gasteiger charge is -2.13. The van der Waals surface area contributed by atoms with Crippen LogP contribution in [0, 0.1) is 5.92 Å². The van der Waals surface area contributed by atoms with E-state index in [0.717, 1.165) is 17.5 Å². The van der Waals surface area contributed by atoms with Gasteiger partial charge in [0.2, 0.25) is 0 Å². The molecular weight excluding hydrogens is 234 g/mol. The Labute approximate surface area is 105 Å². The number of nitrogens with zero attached hydrogens (tertiary/aromatic N) is 3. The Hall–Kier alpha value is -1.35. The maximum Gasteiger partial charge on any atom is 0.145 e. The Morgan fingerprint density at radius 3 is 3.06 bits per heavy atom. The fraction of sp³-hybridized carbons (Fsp3) is 0.385. The van der Waals surface area contributed by atoms with Crippen LogP contribution in [0.4, 0.5) is 0 Å². The molecule has 88 valence electrons. The number of fused-ring (bicyclic) bond motifs is 1. The Balaban J connectivity index is 2.01. The minimum absolute atomic E-state index is 0.515. The molecule has 2 atom stereocenters. The third-order valence-electron chi connectivity index (χ3n) is 3.63. The van der Waals surface area contributed by atoms with Crippen molar-refractivity contribution in [2.24, 2.45) is 5.92 Å². The topological polar surface area (TPSA) is 30.7 Å². The summed E-state index contributed by atoms with van der Waals surface area (Å²) in [6.45, 7) is 3.88. The molecule has 0 unspecified atom stereocenters. The Kier molecular flexibility index (Phi) is 2.63. The van der Waals surface area contributed by atoms with E-state index in [-0.39, 0.29) is 0 Å².